The molecule has 0 spiro atoms. The first-order valence-corrected chi connectivity index (χ1v) is 10.2. The lowest BCUT2D eigenvalue weighted by atomic mass is 9.78. The Kier molecular flexibility index (Phi) is 6.30. The summed E-state index contributed by atoms with van der Waals surface area (Å²) in [6.07, 6.45) is 5.11. The number of carbonyl (C=O) groups is 1. The molecule has 5 heteroatoms. The average Bonchev–Trinajstić information content (AvgIpc) is 2.64. The van der Waals surface area contributed by atoms with E-state index in [0.717, 1.165) is 18.4 Å². The number of carbonyl (C=O) groups excluding carboxylic acids is 1. The summed E-state index contributed by atoms with van der Waals surface area (Å²) in [6, 6.07) is 10.3. The summed E-state index contributed by atoms with van der Waals surface area (Å²) in [5.74, 6) is 1.37. The predicted molar refractivity (Wildman–Crippen MR) is 104 cm³/mol. The summed E-state index contributed by atoms with van der Waals surface area (Å²) < 4.78 is 13.3. The molecule has 26 heavy (non-hydrogen) atoms. The molecule has 3 atom stereocenters. The van der Waals surface area contributed by atoms with Crippen LogP contribution in [0.25, 0.3) is 0 Å². The molecule has 1 heterocycles. The molecule has 3 nitrogen and oxygen atoms in total. The normalized spacial score (nSPS) is 22.8. The van der Waals surface area contributed by atoms with Gasteiger partial charge in [0.25, 0.3) is 5.91 Å². The Morgan fingerprint density at radius 3 is 2.92 bits per heavy atom. The molecular weight excluding hydrogens is 347 g/mol. The van der Waals surface area contributed by atoms with Crippen LogP contribution in [0.4, 0.5) is 4.39 Å². The molecule has 0 unspecified atom stereocenters. The maximum Gasteiger partial charge on any atom is 0.254 e. The molecule has 1 aliphatic rings. The lowest BCUT2D eigenvalue weighted by molar-refractivity contribution is 0.0887. The van der Waals surface area contributed by atoms with E-state index in [0.29, 0.717) is 28.2 Å². The molecule has 0 radical (unpaired) electrons. The number of aromatic nitrogens is 1. The van der Waals surface area contributed by atoms with Crippen LogP contribution in [0.15, 0.2) is 47.6 Å². The van der Waals surface area contributed by atoms with Crippen LogP contribution in [0, 0.1) is 17.7 Å². The second-order valence-corrected chi connectivity index (χ2v) is 8.09. The van der Waals surface area contributed by atoms with Crippen molar-refractivity contribution in [3.63, 3.8) is 0 Å². The molecule has 0 aliphatic heterocycles. The van der Waals surface area contributed by atoms with E-state index in [1.165, 1.54) is 30.3 Å². The fourth-order valence-electron chi connectivity index (χ4n) is 3.49. The van der Waals surface area contributed by atoms with E-state index in [9.17, 15) is 9.18 Å². The lowest BCUT2D eigenvalue weighted by Crippen LogP contribution is -2.43. The van der Waals surface area contributed by atoms with Crippen molar-refractivity contribution in [2.75, 3.05) is 0 Å². The van der Waals surface area contributed by atoms with E-state index in [-0.39, 0.29) is 17.8 Å². The number of pyridine rings is 1. The molecule has 1 aromatic carbocycles. The first-order valence-electron chi connectivity index (χ1n) is 9.17. The van der Waals surface area contributed by atoms with Gasteiger partial charge in [-0.3, -0.25) is 4.79 Å². The Morgan fingerprint density at radius 1 is 1.27 bits per heavy atom. The van der Waals surface area contributed by atoms with Crippen molar-refractivity contribution in [1.29, 1.82) is 0 Å². The minimum atomic E-state index is -0.248. The summed E-state index contributed by atoms with van der Waals surface area (Å²) in [5.41, 5.74) is 1.47. The summed E-state index contributed by atoms with van der Waals surface area (Å²) in [7, 11) is 0. The van der Waals surface area contributed by atoms with Crippen molar-refractivity contribution >= 4 is 17.7 Å². The van der Waals surface area contributed by atoms with Gasteiger partial charge < -0.3 is 5.32 Å². The Labute approximate surface area is 158 Å². The second-order valence-electron chi connectivity index (χ2n) is 7.12. The van der Waals surface area contributed by atoms with Gasteiger partial charge in [0.05, 0.1) is 5.56 Å². The van der Waals surface area contributed by atoms with E-state index in [2.05, 4.69) is 24.1 Å². The highest BCUT2D eigenvalue weighted by molar-refractivity contribution is 7.98. The van der Waals surface area contributed by atoms with Crippen LogP contribution >= 0.6 is 11.8 Å². The molecular formula is C21H25FN2OS. The highest BCUT2D eigenvalue weighted by Crippen LogP contribution is 2.30. The zero-order chi connectivity index (χ0) is 18.5. The van der Waals surface area contributed by atoms with Gasteiger partial charge in [0.1, 0.15) is 10.8 Å². The number of hydrogen-bond donors (Lipinski definition) is 1. The van der Waals surface area contributed by atoms with Crippen LogP contribution < -0.4 is 5.32 Å². The number of thioether (sulfide) groups is 1. The molecule has 1 fully saturated rings. The lowest BCUT2D eigenvalue weighted by Gasteiger charge is -2.34. The fourth-order valence-corrected chi connectivity index (χ4v) is 4.42. The molecule has 138 valence electrons. The number of rotatable bonds is 5. The van der Waals surface area contributed by atoms with E-state index in [1.54, 1.807) is 18.3 Å². The molecule has 1 saturated carbocycles. The summed E-state index contributed by atoms with van der Waals surface area (Å²) in [4.78, 5) is 17.2. The Morgan fingerprint density at radius 2 is 2.12 bits per heavy atom. The van der Waals surface area contributed by atoms with E-state index >= 15 is 0 Å². The van der Waals surface area contributed by atoms with Crippen molar-refractivity contribution in [1.82, 2.24) is 10.3 Å². The maximum absolute atomic E-state index is 13.3. The Hall–Kier alpha value is -1.88. The maximum atomic E-state index is 13.3. The first kappa shape index (κ1) is 18.9. The number of nitrogens with one attached hydrogen (secondary N) is 1. The van der Waals surface area contributed by atoms with Gasteiger partial charge in [-0.2, -0.15) is 0 Å². The molecule has 1 amide bonds. The predicted octanol–water partition coefficient (Wildman–Crippen LogP) is 5.07. The molecule has 0 bridgehead atoms. The van der Waals surface area contributed by atoms with Gasteiger partial charge in [-0.05, 0) is 48.1 Å². The van der Waals surface area contributed by atoms with E-state index < -0.39 is 0 Å². The first-order chi connectivity index (χ1) is 12.5. The highest BCUT2D eigenvalue weighted by atomic mass is 32.2. The van der Waals surface area contributed by atoms with Gasteiger partial charge >= 0.3 is 0 Å². The molecule has 2 aromatic rings. The van der Waals surface area contributed by atoms with Gasteiger partial charge in [0.2, 0.25) is 0 Å². The molecule has 1 N–H and O–H groups in total. The third kappa shape index (κ3) is 4.64. The fraction of sp³-hybridized carbons (Fsp3) is 0.429. The standard InChI is InChI=1S/C21H25FN2OS/c1-14-6-3-10-19(15(14)2)24-20(25)18-9-5-11-23-21(18)26-13-16-7-4-8-17(22)12-16/h4-5,7-9,11-12,14-15,19H,3,6,10,13H2,1-2H3,(H,24,25)/t14-,15-,19+/m1/s1. The van der Waals surface area contributed by atoms with Gasteiger partial charge in [-0.15, -0.1) is 11.8 Å². The van der Waals surface area contributed by atoms with Crippen LogP contribution in [-0.4, -0.2) is 16.9 Å². The Balaban J connectivity index is 1.69. The zero-order valence-corrected chi connectivity index (χ0v) is 16.1. The summed E-state index contributed by atoms with van der Waals surface area (Å²) >= 11 is 1.46. The van der Waals surface area contributed by atoms with Gasteiger partial charge in [-0.25, -0.2) is 9.37 Å². The molecule has 3 rings (SSSR count). The third-order valence-electron chi connectivity index (χ3n) is 5.30. The second kappa shape index (κ2) is 8.67. The van der Waals surface area contributed by atoms with Crippen LogP contribution in [0.1, 0.15) is 49.0 Å². The van der Waals surface area contributed by atoms with Gasteiger partial charge in [0, 0.05) is 18.0 Å². The van der Waals surface area contributed by atoms with Crippen LogP contribution in [0.3, 0.4) is 0 Å². The van der Waals surface area contributed by atoms with Gasteiger partial charge in [-0.1, -0.05) is 38.8 Å². The van der Waals surface area contributed by atoms with E-state index in [1.807, 2.05) is 12.1 Å². The smallest absolute Gasteiger partial charge is 0.254 e. The SMILES string of the molecule is C[C@@H]1[C@H](C)CCC[C@@H]1NC(=O)c1cccnc1SCc1cccc(F)c1. The van der Waals surface area contributed by atoms with Crippen LogP contribution in [0.2, 0.25) is 0 Å². The van der Waals surface area contributed by atoms with Crippen molar-refractivity contribution in [3.05, 3.63) is 59.5 Å². The summed E-state index contributed by atoms with van der Waals surface area (Å²) in [6.45, 7) is 4.48. The number of hydrogen-bond acceptors (Lipinski definition) is 3. The number of halogens is 1. The van der Waals surface area contributed by atoms with Crippen molar-refractivity contribution in [3.8, 4) is 0 Å². The van der Waals surface area contributed by atoms with Crippen LogP contribution in [-0.2, 0) is 5.75 Å². The van der Waals surface area contributed by atoms with Crippen molar-refractivity contribution < 1.29 is 9.18 Å². The molecule has 1 aliphatic carbocycles. The number of benzene rings is 1. The topological polar surface area (TPSA) is 42.0 Å². The third-order valence-corrected chi connectivity index (χ3v) is 6.38. The zero-order valence-electron chi connectivity index (χ0n) is 15.2. The molecule has 1 aromatic heterocycles. The van der Waals surface area contributed by atoms with Gasteiger partial charge in [0.15, 0.2) is 0 Å². The average molecular weight is 373 g/mol. The largest absolute Gasteiger partial charge is 0.349 e. The van der Waals surface area contributed by atoms with Crippen molar-refractivity contribution in [2.24, 2.45) is 11.8 Å². The quantitative estimate of drug-likeness (QED) is 0.745. The minimum Gasteiger partial charge on any atom is -0.349 e. The molecule has 0 saturated heterocycles. The number of amides is 1. The summed E-state index contributed by atoms with van der Waals surface area (Å²) in [5, 5.41) is 3.90. The monoisotopic (exact) mass is 372 g/mol. The van der Waals surface area contributed by atoms with Crippen LogP contribution in [0.5, 0.6) is 0 Å². The Bertz CT molecular complexity index is 767. The number of nitrogens with zero attached hydrogens (tertiary/aromatic N) is 1. The van der Waals surface area contributed by atoms with Crippen molar-refractivity contribution in [2.45, 2.75) is 49.9 Å². The highest BCUT2D eigenvalue weighted by Gasteiger charge is 2.29. The minimum absolute atomic E-state index is 0.0641. The van der Waals surface area contributed by atoms with E-state index in [4.69, 9.17) is 0 Å².